The quantitative estimate of drug-likeness (QED) is 0.454. The molecule has 3 aliphatic rings. The maximum Gasteiger partial charge on any atom is 0.446 e. The minimum atomic E-state index is -4.92. The van der Waals surface area contributed by atoms with Crippen molar-refractivity contribution in [1.29, 1.82) is 0 Å². The lowest BCUT2D eigenvalue weighted by molar-refractivity contribution is -0.0328. The van der Waals surface area contributed by atoms with Crippen LogP contribution in [0.25, 0.3) is 0 Å². The first-order valence-electron chi connectivity index (χ1n) is 10.2. The first-order valence-corrected chi connectivity index (χ1v) is 14.3. The average Bonchev–Trinajstić information content (AvgIpc) is 2.89. The molecule has 0 spiro atoms. The van der Waals surface area contributed by atoms with Crippen LogP contribution in [0, 0.1) is 17.3 Å². The molecule has 6 unspecified atom stereocenters. The van der Waals surface area contributed by atoms with Crippen LogP contribution in [0.4, 0.5) is 0 Å². The van der Waals surface area contributed by atoms with Crippen LogP contribution < -0.4 is 4.18 Å². The monoisotopic (exact) mass is 528 g/mol. The fraction of sp³-hybridized carbons (Fsp3) is 0.667. The number of fused-ring (bicyclic) bond motifs is 5. The molecule has 0 amide bonds. The van der Waals surface area contributed by atoms with Gasteiger partial charge in [-0.1, -0.05) is 13.0 Å². The van der Waals surface area contributed by atoms with E-state index in [-0.39, 0.29) is 29.9 Å². The second-order valence-electron chi connectivity index (χ2n) is 9.07. The van der Waals surface area contributed by atoms with Gasteiger partial charge in [-0.15, -0.1) is 0 Å². The topological polar surface area (TPSA) is 191 Å². The van der Waals surface area contributed by atoms with Crippen LogP contribution in [-0.2, 0) is 46.0 Å². The number of benzene rings is 1. The molecule has 0 bridgehead atoms. The van der Waals surface area contributed by atoms with Gasteiger partial charge < -0.3 is 4.18 Å². The van der Waals surface area contributed by atoms with E-state index in [0.717, 1.165) is 11.1 Å². The molecule has 33 heavy (non-hydrogen) atoms. The largest absolute Gasteiger partial charge is 0.446 e. The van der Waals surface area contributed by atoms with Gasteiger partial charge in [0.25, 0.3) is 0 Å². The zero-order chi connectivity index (χ0) is 24.4. The summed E-state index contributed by atoms with van der Waals surface area (Å²) in [6.07, 6.45) is -0.337. The Hall–Kier alpha value is -1.33. The van der Waals surface area contributed by atoms with Crippen molar-refractivity contribution in [2.45, 2.75) is 57.2 Å². The van der Waals surface area contributed by atoms with Gasteiger partial charge in [-0.2, -0.15) is 25.3 Å². The highest BCUT2D eigenvalue weighted by Crippen LogP contribution is 2.62. The Kier molecular flexibility index (Phi) is 6.10. The van der Waals surface area contributed by atoms with Crippen molar-refractivity contribution in [3.05, 3.63) is 29.3 Å². The summed E-state index contributed by atoms with van der Waals surface area (Å²) in [6, 6.07) is 4.71. The van der Waals surface area contributed by atoms with E-state index in [1.165, 1.54) is 6.07 Å². The van der Waals surface area contributed by atoms with Gasteiger partial charge in [-0.3, -0.25) is 13.7 Å². The van der Waals surface area contributed by atoms with Crippen LogP contribution in [0.3, 0.4) is 0 Å². The summed E-state index contributed by atoms with van der Waals surface area (Å²) in [4.78, 5) is 0. The van der Waals surface area contributed by atoms with Crippen molar-refractivity contribution in [2.75, 3.05) is 0 Å². The molecular formula is C18H24O12S3. The number of rotatable bonds is 6. The molecule has 3 aliphatic carbocycles. The molecular weight excluding hydrogens is 504 g/mol. The molecule has 1 aromatic carbocycles. The third-order valence-electron chi connectivity index (χ3n) is 7.28. The molecule has 1 aromatic rings. The maximum absolute atomic E-state index is 11.5. The summed E-state index contributed by atoms with van der Waals surface area (Å²) >= 11 is 0. The predicted molar refractivity (Wildman–Crippen MR) is 111 cm³/mol. The molecule has 6 atom stereocenters. The number of hydrogen-bond acceptors (Lipinski definition) is 9. The van der Waals surface area contributed by atoms with Crippen LogP contribution in [0.15, 0.2) is 18.2 Å². The lowest BCUT2D eigenvalue weighted by atomic mass is 9.55. The van der Waals surface area contributed by atoms with E-state index in [2.05, 4.69) is 4.18 Å². The van der Waals surface area contributed by atoms with Crippen LogP contribution in [0.2, 0.25) is 0 Å². The van der Waals surface area contributed by atoms with Gasteiger partial charge in [0.1, 0.15) is 18.0 Å². The predicted octanol–water partition coefficient (Wildman–Crippen LogP) is 1.71. The Morgan fingerprint density at radius 2 is 1.61 bits per heavy atom. The minimum absolute atomic E-state index is 0.00733. The van der Waals surface area contributed by atoms with Gasteiger partial charge in [-0.25, -0.2) is 8.37 Å². The number of hydrogen-bond donors (Lipinski definition) is 3. The summed E-state index contributed by atoms with van der Waals surface area (Å²) in [7, 11) is -14.5. The Bertz CT molecular complexity index is 1260. The third kappa shape index (κ3) is 5.19. The van der Waals surface area contributed by atoms with Gasteiger partial charge in [0.15, 0.2) is 0 Å². The molecule has 4 rings (SSSR count). The molecule has 0 aromatic heterocycles. The smallest absolute Gasteiger partial charge is 0.362 e. The molecule has 12 nitrogen and oxygen atoms in total. The fourth-order valence-electron chi connectivity index (χ4n) is 6.22. The maximum atomic E-state index is 11.5. The van der Waals surface area contributed by atoms with E-state index in [1.54, 1.807) is 19.1 Å². The third-order valence-corrected chi connectivity index (χ3v) is 8.63. The SMILES string of the molecule is CC12CCC3c4ccc(OS(=O)(=O)O)cc4CCC3C1CC(OS(=O)(=O)O)C2OS(=O)(=O)O. The zero-order valence-corrected chi connectivity index (χ0v) is 19.8. The highest BCUT2D eigenvalue weighted by atomic mass is 32.3. The van der Waals surface area contributed by atoms with Crippen LogP contribution in [-0.4, -0.2) is 51.1 Å². The van der Waals surface area contributed by atoms with E-state index in [1.807, 2.05) is 0 Å². The van der Waals surface area contributed by atoms with Crippen molar-refractivity contribution in [2.24, 2.45) is 17.3 Å². The summed E-state index contributed by atoms with van der Waals surface area (Å²) in [6.45, 7) is 1.76. The molecule has 2 fully saturated rings. The highest BCUT2D eigenvalue weighted by molar-refractivity contribution is 7.81. The van der Waals surface area contributed by atoms with Crippen molar-refractivity contribution < 1.29 is 51.5 Å². The van der Waals surface area contributed by atoms with Crippen LogP contribution in [0.1, 0.15) is 49.7 Å². The minimum Gasteiger partial charge on any atom is -0.362 e. The Labute approximate surface area is 192 Å². The molecule has 15 heteroatoms. The van der Waals surface area contributed by atoms with Crippen molar-refractivity contribution in [1.82, 2.24) is 0 Å². The molecule has 0 aliphatic heterocycles. The Balaban J connectivity index is 1.66. The lowest BCUT2D eigenvalue weighted by Gasteiger charge is -2.50. The summed E-state index contributed by atoms with van der Waals surface area (Å²) in [5, 5.41) is 0. The second kappa shape index (κ2) is 8.12. The molecule has 3 N–H and O–H groups in total. The fourth-order valence-corrected chi connectivity index (χ4v) is 7.67. The second-order valence-corrected chi connectivity index (χ2v) is 12.2. The van der Waals surface area contributed by atoms with E-state index >= 15 is 0 Å². The normalized spacial score (nSPS) is 34.2. The Morgan fingerprint density at radius 3 is 2.21 bits per heavy atom. The standard InChI is InChI=1S/C18H24O12S3/c1-18-7-6-13-12-5-3-11(28-31(19,20)21)8-10(12)2-4-14(13)15(18)9-16(29-32(22,23)24)17(18)30-33(25,26)27/h3,5,8,13-17H,2,4,6-7,9H2,1H3,(H,19,20,21)(H,22,23,24)(H,25,26,27). The molecule has 0 saturated heterocycles. The van der Waals surface area contributed by atoms with Gasteiger partial charge in [0.05, 0.1) is 0 Å². The van der Waals surface area contributed by atoms with Gasteiger partial charge in [-0.05, 0) is 73.1 Å². The molecule has 186 valence electrons. The summed E-state index contributed by atoms with van der Waals surface area (Å²) < 4.78 is 109. The van der Waals surface area contributed by atoms with Gasteiger partial charge in [0, 0.05) is 5.41 Å². The average molecular weight is 529 g/mol. The van der Waals surface area contributed by atoms with Gasteiger partial charge >= 0.3 is 31.2 Å². The lowest BCUT2D eigenvalue weighted by Crippen LogP contribution is -2.47. The first-order chi connectivity index (χ1) is 15.1. The van der Waals surface area contributed by atoms with E-state index in [0.29, 0.717) is 25.7 Å². The van der Waals surface area contributed by atoms with Crippen molar-refractivity contribution in [3.63, 3.8) is 0 Å². The number of aryl methyl sites for hydroxylation is 1. The zero-order valence-electron chi connectivity index (χ0n) is 17.4. The first kappa shape index (κ1) is 24.8. The van der Waals surface area contributed by atoms with E-state index < -0.39 is 48.8 Å². The van der Waals surface area contributed by atoms with E-state index in [4.69, 9.17) is 12.9 Å². The van der Waals surface area contributed by atoms with E-state index in [9.17, 15) is 34.4 Å². The van der Waals surface area contributed by atoms with Crippen molar-refractivity contribution in [3.8, 4) is 5.75 Å². The molecule has 0 radical (unpaired) electrons. The molecule has 0 heterocycles. The van der Waals surface area contributed by atoms with Crippen molar-refractivity contribution >= 4 is 31.2 Å². The summed E-state index contributed by atoms with van der Waals surface area (Å²) in [5.41, 5.74) is 0.968. The van der Waals surface area contributed by atoms with Crippen LogP contribution >= 0.6 is 0 Å². The van der Waals surface area contributed by atoms with Crippen LogP contribution in [0.5, 0.6) is 5.75 Å². The summed E-state index contributed by atoms with van der Waals surface area (Å²) in [5.74, 6) is -0.245. The Morgan fingerprint density at radius 1 is 0.939 bits per heavy atom. The molecule has 2 saturated carbocycles. The van der Waals surface area contributed by atoms with Gasteiger partial charge in [0.2, 0.25) is 0 Å². The highest BCUT2D eigenvalue weighted by Gasteiger charge is 2.61.